The van der Waals surface area contributed by atoms with Crippen molar-refractivity contribution in [2.75, 3.05) is 45.4 Å². The van der Waals surface area contributed by atoms with E-state index in [0.717, 1.165) is 35.6 Å². The summed E-state index contributed by atoms with van der Waals surface area (Å²) in [5, 5.41) is 4.73. The fourth-order valence-electron chi connectivity index (χ4n) is 3.22. The van der Waals surface area contributed by atoms with Crippen molar-refractivity contribution in [2.24, 2.45) is 5.10 Å². The van der Waals surface area contributed by atoms with Gasteiger partial charge in [-0.3, -0.25) is 0 Å². The van der Waals surface area contributed by atoms with E-state index in [0.29, 0.717) is 24.7 Å². The molecule has 0 aliphatic carbocycles. The molecule has 0 amide bonds. The molecule has 1 saturated heterocycles. The molecule has 0 radical (unpaired) electrons. The second-order valence-electron chi connectivity index (χ2n) is 6.14. The highest BCUT2D eigenvalue weighted by Gasteiger charge is 2.19. The minimum Gasteiger partial charge on any atom is -0.493 e. The molecule has 0 saturated carbocycles. The lowest BCUT2D eigenvalue weighted by Crippen LogP contribution is -2.37. The first-order chi connectivity index (χ1) is 13.3. The van der Waals surface area contributed by atoms with E-state index in [1.54, 1.807) is 20.4 Å². The van der Waals surface area contributed by atoms with Crippen LogP contribution in [0.15, 0.2) is 47.6 Å². The summed E-state index contributed by atoms with van der Waals surface area (Å²) in [5.41, 5.74) is 2.70. The maximum absolute atomic E-state index is 5.50. The van der Waals surface area contributed by atoms with Crippen LogP contribution in [0.1, 0.15) is 5.56 Å². The van der Waals surface area contributed by atoms with Crippen LogP contribution >= 0.6 is 0 Å². The number of para-hydroxylation sites is 3. The van der Waals surface area contributed by atoms with Crippen LogP contribution in [0.25, 0.3) is 11.0 Å². The highest BCUT2D eigenvalue weighted by atomic mass is 16.5. The Bertz CT molecular complexity index is 961. The molecular formula is C20H22N4O3. The van der Waals surface area contributed by atoms with Gasteiger partial charge in [-0.05, 0) is 24.3 Å². The fraction of sp³-hybridized carbons (Fsp3) is 0.300. The van der Waals surface area contributed by atoms with E-state index in [1.165, 1.54) is 0 Å². The first kappa shape index (κ1) is 17.4. The molecule has 0 atom stereocenters. The maximum Gasteiger partial charge on any atom is 0.227 e. The molecule has 140 valence electrons. The van der Waals surface area contributed by atoms with E-state index in [4.69, 9.17) is 24.3 Å². The van der Waals surface area contributed by atoms with Crippen LogP contribution in [-0.2, 0) is 4.74 Å². The number of morpholine rings is 1. The van der Waals surface area contributed by atoms with E-state index in [1.807, 2.05) is 47.1 Å². The number of fused-ring (bicyclic) bond motifs is 1. The largest absolute Gasteiger partial charge is 0.493 e. The number of rotatable bonds is 5. The van der Waals surface area contributed by atoms with Crippen LogP contribution in [0.2, 0.25) is 0 Å². The van der Waals surface area contributed by atoms with Crippen molar-refractivity contribution in [3.8, 4) is 11.5 Å². The fourth-order valence-corrected chi connectivity index (χ4v) is 3.22. The van der Waals surface area contributed by atoms with Crippen molar-refractivity contribution in [2.45, 2.75) is 0 Å². The van der Waals surface area contributed by atoms with E-state index in [2.05, 4.69) is 4.90 Å². The van der Waals surface area contributed by atoms with Gasteiger partial charge >= 0.3 is 0 Å². The van der Waals surface area contributed by atoms with Gasteiger partial charge < -0.3 is 19.1 Å². The molecule has 3 aromatic rings. The molecule has 7 nitrogen and oxygen atoms in total. The van der Waals surface area contributed by atoms with Crippen LogP contribution in [0.3, 0.4) is 0 Å². The zero-order valence-electron chi connectivity index (χ0n) is 15.5. The monoisotopic (exact) mass is 366 g/mol. The average Bonchev–Trinajstić information content (AvgIpc) is 3.11. The number of hydrogen-bond donors (Lipinski definition) is 0. The normalized spacial score (nSPS) is 14.8. The van der Waals surface area contributed by atoms with Crippen molar-refractivity contribution >= 4 is 23.2 Å². The Morgan fingerprint density at radius 3 is 2.63 bits per heavy atom. The quantitative estimate of drug-likeness (QED) is 0.650. The molecule has 0 N–H and O–H groups in total. The highest BCUT2D eigenvalue weighted by molar-refractivity contribution is 5.86. The van der Waals surface area contributed by atoms with Gasteiger partial charge in [0.05, 0.1) is 44.7 Å². The first-order valence-corrected chi connectivity index (χ1v) is 8.87. The molecule has 2 aromatic carbocycles. The smallest absolute Gasteiger partial charge is 0.227 e. The molecule has 4 rings (SSSR count). The second-order valence-corrected chi connectivity index (χ2v) is 6.14. The summed E-state index contributed by atoms with van der Waals surface area (Å²) in [7, 11) is 3.25. The molecule has 1 aliphatic rings. The average molecular weight is 366 g/mol. The number of hydrogen-bond acceptors (Lipinski definition) is 6. The SMILES string of the molecule is COc1cccc(C=Nn2c(N3CCOCC3)nc3ccccc32)c1OC. The molecule has 0 unspecified atom stereocenters. The molecule has 1 aliphatic heterocycles. The van der Waals surface area contributed by atoms with Gasteiger partial charge in [0.25, 0.3) is 0 Å². The molecule has 1 aromatic heterocycles. The zero-order chi connectivity index (χ0) is 18.6. The maximum atomic E-state index is 5.50. The molecule has 27 heavy (non-hydrogen) atoms. The third-order valence-electron chi connectivity index (χ3n) is 4.56. The van der Waals surface area contributed by atoms with Gasteiger partial charge in [0.15, 0.2) is 11.5 Å². The Kier molecular flexibility index (Phi) is 4.93. The molecule has 0 bridgehead atoms. The second kappa shape index (κ2) is 7.67. The Hall–Kier alpha value is -3.06. The van der Waals surface area contributed by atoms with Crippen molar-refractivity contribution < 1.29 is 14.2 Å². The van der Waals surface area contributed by atoms with Crippen LogP contribution in [0, 0.1) is 0 Å². The molecule has 7 heteroatoms. The molecule has 2 heterocycles. The number of ether oxygens (including phenoxy) is 3. The number of benzene rings is 2. The number of methoxy groups -OCH3 is 2. The van der Waals surface area contributed by atoms with Gasteiger partial charge in [-0.15, -0.1) is 0 Å². The number of nitrogens with zero attached hydrogens (tertiary/aromatic N) is 4. The van der Waals surface area contributed by atoms with E-state index in [9.17, 15) is 0 Å². The summed E-state index contributed by atoms with van der Waals surface area (Å²) in [6.45, 7) is 2.97. The van der Waals surface area contributed by atoms with Crippen LogP contribution < -0.4 is 14.4 Å². The van der Waals surface area contributed by atoms with Gasteiger partial charge in [-0.2, -0.15) is 9.78 Å². The molecular weight excluding hydrogens is 344 g/mol. The van der Waals surface area contributed by atoms with E-state index >= 15 is 0 Å². The van der Waals surface area contributed by atoms with E-state index < -0.39 is 0 Å². The number of imidazole rings is 1. The van der Waals surface area contributed by atoms with Crippen molar-refractivity contribution in [3.63, 3.8) is 0 Å². The van der Waals surface area contributed by atoms with Crippen LogP contribution in [0.4, 0.5) is 5.95 Å². The lowest BCUT2D eigenvalue weighted by atomic mass is 10.2. The van der Waals surface area contributed by atoms with Gasteiger partial charge in [-0.1, -0.05) is 18.2 Å². The van der Waals surface area contributed by atoms with Gasteiger partial charge in [0, 0.05) is 18.7 Å². The topological polar surface area (TPSA) is 61.1 Å². The third kappa shape index (κ3) is 3.33. The summed E-state index contributed by atoms with van der Waals surface area (Å²) < 4.78 is 18.2. The van der Waals surface area contributed by atoms with E-state index in [-0.39, 0.29) is 0 Å². The molecule has 0 spiro atoms. The van der Waals surface area contributed by atoms with Gasteiger partial charge in [-0.25, -0.2) is 4.98 Å². The highest BCUT2D eigenvalue weighted by Crippen LogP contribution is 2.30. The van der Waals surface area contributed by atoms with Crippen molar-refractivity contribution in [1.82, 2.24) is 9.66 Å². The summed E-state index contributed by atoms with van der Waals surface area (Å²) in [5.74, 6) is 2.14. The third-order valence-corrected chi connectivity index (χ3v) is 4.56. The standard InChI is InChI=1S/C20H22N4O3/c1-25-18-9-5-6-15(19(18)26-2)14-21-24-17-8-4-3-7-16(17)22-20(24)23-10-12-27-13-11-23/h3-9,14H,10-13H2,1-2H3. The minimum atomic E-state index is 0.654. The Labute approximate surface area is 157 Å². The predicted octanol–water partition coefficient (Wildman–Crippen LogP) is 2.77. The van der Waals surface area contributed by atoms with Crippen LogP contribution in [0.5, 0.6) is 11.5 Å². The number of anilines is 1. The molecule has 1 fully saturated rings. The summed E-state index contributed by atoms with van der Waals surface area (Å²) >= 11 is 0. The zero-order valence-corrected chi connectivity index (χ0v) is 15.5. The number of aromatic nitrogens is 2. The lowest BCUT2D eigenvalue weighted by molar-refractivity contribution is 0.122. The first-order valence-electron chi connectivity index (χ1n) is 8.87. The summed E-state index contributed by atoms with van der Waals surface area (Å²) in [6, 6.07) is 13.7. The Morgan fingerprint density at radius 1 is 1.04 bits per heavy atom. The summed E-state index contributed by atoms with van der Waals surface area (Å²) in [4.78, 5) is 6.99. The summed E-state index contributed by atoms with van der Waals surface area (Å²) in [6.07, 6.45) is 1.78. The predicted molar refractivity (Wildman–Crippen MR) is 105 cm³/mol. The van der Waals surface area contributed by atoms with Gasteiger partial charge in [0.2, 0.25) is 5.95 Å². The minimum absolute atomic E-state index is 0.654. The van der Waals surface area contributed by atoms with Crippen LogP contribution in [-0.4, -0.2) is 56.4 Å². The Morgan fingerprint density at radius 2 is 1.85 bits per heavy atom. The van der Waals surface area contributed by atoms with Gasteiger partial charge in [0.1, 0.15) is 0 Å². The van der Waals surface area contributed by atoms with Crippen molar-refractivity contribution in [3.05, 3.63) is 48.0 Å². The lowest BCUT2D eigenvalue weighted by Gasteiger charge is -2.27. The van der Waals surface area contributed by atoms with Crippen molar-refractivity contribution in [1.29, 1.82) is 0 Å². The Balaban J connectivity index is 1.78.